The molecule has 0 aliphatic rings. The van der Waals surface area contributed by atoms with Gasteiger partial charge in [-0.1, -0.05) is 6.07 Å². The van der Waals surface area contributed by atoms with Crippen molar-refractivity contribution in [3.63, 3.8) is 0 Å². The van der Waals surface area contributed by atoms with Crippen LogP contribution < -0.4 is 0 Å². The molecule has 25 heavy (non-hydrogen) atoms. The lowest BCUT2D eigenvalue weighted by Gasteiger charge is -2.09. The van der Waals surface area contributed by atoms with E-state index < -0.39 is 21.6 Å². The summed E-state index contributed by atoms with van der Waals surface area (Å²) in [4.78, 5) is 15.4. The standard InChI is InChI=1S/C18H20FNO4S/c1-12-9-14(5-3-4-8-25(2,23)24)20-11-16(12)13-6-7-17(19)15(10-13)18(21)22/h6-7,9-11H,3-5,8H2,1-2H3,(H,21,22). The summed E-state index contributed by atoms with van der Waals surface area (Å²) in [5, 5.41) is 9.03. The number of hydrogen-bond acceptors (Lipinski definition) is 4. The Kier molecular flexibility index (Phi) is 5.89. The highest BCUT2D eigenvalue weighted by atomic mass is 32.2. The number of carboxylic acid groups (broad SMARTS) is 1. The van der Waals surface area contributed by atoms with Gasteiger partial charge in [-0.2, -0.15) is 0 Å². The summed E-state index contributed by atoms with van der Waals surface area (Å²) >= 11 is 0. The van der Waals surface area contributed by atoms with Crippen molar-refractivity contribution in [3.8, 4) is 11.1 Å². The smallest absolute Gasteiger partial charge is 0.338 e. The van der Waals surface area contributed by atoms with Crippen molar-refractivity contribution in [1.82, 2.24) is 4.98 Å². The molecule has 1 N–H and O–H groups in total. The Morgan fingerprint density at radius 3 is 2.56 bits per heavy atom. The molecule has 2 rings (SSSR count). The van der Waals surface area contributed by atoms with Gasteiger partial charge < -0.3 is 5.11 Å². The molecule has 0 radical (unpaired) electrons. The van der Waals surface area contributed by atoms with Crippen LogP contribution in [0, 0.1) is 12.7 Å². The van der Waals surface area contributed by atoms with Crippen LogP contribution in [0.15, 0.2) is 30.5 Å². The topological polar surface area (TPSA) is 84.3 Å². The minimum absolute atomic E-state index is 0.164. The molecule has 0 bridgehead atoms. The molecule has 5 nitrogen and oxygen atoms in total. The lowest BCUT2D eigenvalue weighted by atomic mass is 9.99. The van der Waals surface area contributed by atoms with Gasteiger partial charge >= 0.3 is 5.97 Å². The number of carbonyl (C=O) groups is 1. The second-order valence-corrected chi connectivity index (χ2v) is 8.34. The highest BCUT2D eigenvalue weighted by Crippen LogP contribution is 2.25. The molecule has 1 aromatic heterocycles. The Balaban J connectivity index is 2.14. The number of halogens is 1. The van der Waals surface area contributed by atoms with E-state index in [0.717, 1.165) is 29.3 Å². The second kappa shape index (κ2) is 7.74. The number of rotatable bonds is 7. The van der Waals surface area contributed by atoms with E-state index in [1.54, 1.807) is 6.20 Å². The lowest BCUT2D eigenvalue weighted by molar-refractivity contribution is 0.0692. The molecule has 0 fully saturated rings. The largest absolute Gasteiger partial charge is 0.478 e. The fraction of sp³-hybridized carbons (Fsp3) is 0.333. The number of carboxylic acids is 1. The maximum Gasteiger partial charge on any atom is 0.338 e. The third-order valence-electron chi connectivity index (χ3n) is 3.87. The van der Waals surface area contributed by atoms with Gasteiger partial charge in [0, 0.05) is 29.5 Å². The van der Waals surface area contributed by atoms with Crippen LogP contribution in [0.2, 0.25) is 0 Å². The van der Waals surface area contributed by atoms with Crippen molar-refractivity contribution < 1.29 is 22.7 Å². The monoisotopic (exact) mass is 365 g/mol. The van der Waals surface area contributed by atoms with Gasteiger partial charge in [-0.25, -0.2) is 17.6 Å². The Hall–Kier alpha value is -2.28. The van der Waals surface area contributed by atoms with Gasteiger partial charge in [0.05, 0.1) is 5.56 Å². The van der Waals surface area contributed by atoms with Crippen LogP contribution in [0.3, 0.4) is 0 Å². The van der Waals surface area contributed by atoms with Crippen LogP contribution in [0.4, 0.5) is 4.39 Å². The van der Waals surface area contributed by atoms with Gasteiger partial charge in [-0.3, -0.25) is 4.98 Å². The number of pyridine rings is 1. The Bertz CT molecular complexity index is 894. The highest BCUT2D eigenvalue weighted by molar-refractivity contribution is 7.90. The van der Waals surface area contributed by atoms with E-state index in [0.29, 0.717) is 18.4 Å². The predicted octanol–water partition coefficient (Wildman–Crippen LogP) is 3.26. The van der Waals surface area contributed by atoms with Crippen molar-refractivity contribution in [3.05, 3.63) is 53.1 Å². The third-order valence-corrected chi connectivity index (χ3v) is 4.90. The molecule has 1 aromatic carbocycles. The predicted molar refractivity (Wildman–Crippen MR) is 94.0 cm³/mol. The fourth-order valence-electron chi connectivity index (χ4n) is 2.58. The van der Waals surface area contributed by atoms with Crippen LogP contribution in [0.5, 0.6) is 0 Å². The Morgan fingerprint density at radius 1 is 1.24 bits per heavy atom. The average Bonchev–Trinajstić information content (AvgIpc) is 2.51. The molecule has 0 atom stereocenters. The van der Waals surface area contributed by atoms with Gasteiger partial charge in [-0.05, 0) is 55.5 Å². The van der Waals surface area contributed by atoms with E-state index in [9.17, 15) is 17.6 Å². The molecular formula is C18H20FNO4S. The molecule has 0 aliphatic heterocycles. The quantitative estimate of drug-likeness (QED) is 0.761. The van der Waals surface area contributed by atoms with Crippen LogP contribution in [-0.4, -0.2) is 36.5 Å². The van der Waals surface area contributed by atoms with E-state index in [1.165, 1.54) is 18.4 Å². The van der Waals surface area contributed by atoms with E-state index in [1.807, 2.05) is 13.0 Å². The molecule has 1 heterocycles. The van der Waals surface area contributed by atoms with E-state index in [4.69, 9.17) is 5.11 Å². The Labute approximate surface area is 146 Å². The normalized spacial score (nSPS) is 11.5. The number of unbranched alkanes of at least 4 members (excludes halogenated alkanes) is 1. The number of benzene rings is 1. The lowest BCUT2D eigenvalue weighted by Crippen LogP contribution is -2.03. The molecule has 7 heteroatoms. The summed E-state index contributed by atoms with van der Waals surface area (Å²) in [6, 6.07) is 5.85. The summed E-state index contributed by atoms with van der Waals surface area (Å²) in [5.41, 5.74) is 2.70. The van der Waals surface area contributed by atoms with E-state index >= 15 is 0 Å². The zero-order chi connectivity index (χ0) is 18.6. The van der Waals surface area contributed by atoms with E-state index in [-0.39, 0.29) is 11.3 Å². The van der Waals surface area contributed by atoms with Crippen LogP contribution in [0.1, 0.15) is 34.5 Å². The zero-order valence-corrected chi connectivity index (χ0v) is 14.9. The second-order valence-electron chi connectivity index (χ2n) is 6.08. The summed E-state index contributed by atoms with van der Waals surface area (Å²) in [6.45, 7) is 1.88. The van der Waals surface area contributed by atoms with Crippen molar-refractivity contribution in [1.29, 1.82) is 0 Å². The van der Waals surface area contributed by atoms with E-state index in [2.05, 4.69) is 4.98 Å². The van der Waals surface area contributed by atoms with Gasteiger partial charge in [-0.15, -0.1) is 0 Å². The van der Waals surface area contributed by atoms with Gasteiger partial charge in [0.15, 0.2) is 0 Å². The van der Waals surface area contributed by atoms with Crippen molar-refractivity contribution in [2.24, 2.45) is 0 Å². The average molecular weight is 365 g/mol. The molecule has 134 valence electrons. The van der Waals surface area contributed by atoms with Crippen LogP contribution >= 0.6 is 0 Å². The molecule has 0 unspecified atom stereocenters. The van der Waals surface area contributed by atoms with Crippen LogP contribution in [0.25, 0.3) is 11.1 Å². The summed E-state index contributed by atoms with van der Waals surface area (Å²) in [7, 11) is -2.94. The summed E-state index contributed by atoms with van der Waals surface area (Å²) in [5.74, 6) is -1.92. The maximum absolute atomic E-state index is 13.5. The summed E-state index contributed by atoms with van der Waals surface area (Å²) in [6.07, 6.45) is 4.83. The molecule has 0 saturated heterocycles. The first-order valence-corrected chi connectivity index (χ1v) is 9.90. The molecule has 0 spiro atoms. The number of aromatic nitrogens is 1. The molecular weight excluding hydrogens is 345 g/mol. The SMILES string of the molecule is Cc1cc(CCCCS(C)(=O)=O)ncc1-c1ccc(F)c(C(=O)O)c1. The minimum Gasteiger partial charge on any atom is -0.478 e. The van der Waals surface area contributed by atoms with Crippen molar-refractivity contribution in [2.45, 2.75) is 26.2 Å². The minimum atomic E-state index is -2.94. The number of hydrogen-bond donors (Lipinski definition) is 1. The van der Waals surface area contributed by atoms with Crippen molar-refractivity contribution in [2.75, 3.05) is 12.0 Å². The first-order chi connectivity index (χ1) is 11.7. The molecule has 2 aromatic rings. The fourth-order valence-corrected chi connectivity index (χ4v) is 3.31. The molecule has 0 aliphatic carbocycles. The highest BCUT2D eigenvalue weighted by Gasteiger charge is 2.13. The Morgan fingerprint density at radius 2 is 1.96 bits per heavy atom. The van der Waals surface area contributed by atoms with Crippen LogP contribution in [-0.2, 0) is 16.3 Å². The van der Waals surface area contributed by atoms with Gasteiger partial charge in [0.25, 0.3) is 0 Å². The van der Waals surface area contributed by atoms with Gasteiger partial charge in [0.1, 0.15) is 15.7 Å². The first kappa shape index (κ1) is 19.1. The van der Waals surface area contributed by atoms with Crippen molar-refractivity contribution >= 4 is 15.8 Å². The molecule has 0 amide bonds. The van der Waals surface area contributed by atoms with Gasteiger partial charge in [0.2, 0.25) is 0 Å². The first-order valence-electron chi connectivity index (χ1n) is 7.84. The number of aromatic carboxylic acids is 1. The maximum atomic E-state index is 13.5. The molecule has 0 saturated carbocycles. The zero-order valence-electron chi connectivity index (χ0n) is 14.1. The number of nitrogens with zero attached hydrogens (tertiary/aromatic N) is 1. The third kappa shape index (κ3) is 5.35. The summed E-state index contributed by atoms with van der Waals surface area (Å²) < 4.78 is 35.7. The number of aryl methyl sites for hydroxylation is 2. The number of sulfone groups is 1.